The third-order valence-electron chi connectivity index (χ3n) is 3.48. The largest absolute Gasteiger partial charge is 0.456 e. The smallest absolute Gasteiger partial charge is 0.325 e. The van der Waals surface area contributed by atoms with E-state index in [1.807, 2.05) is 13.8 Å². The highest BCUT2D eigenvalue weighted by atomic mass is 16.5. The lowest BCUT2D eigenvalue weighted by Crippen LogP contribution is -2.40. The Balaban J connectivity index is 2.31. The number of esters is 1. The van der Waals surface area contributed by atoms with Crippen LogP contribution in [-0.4, -0.2) is 53.4 Å². The monoisotopic (exact) mass is 327 g/mol. The maximum absolute atomic E-state index is 11.9. The highest BCUT2D eigenvalue weighted by Gasteiger charge is 2.44. The van der Waals surface area contributed by atoms with Gasteiger partial charge >= 0.3 is 12.0 Å². The Kier molecular flexibility index (Phi) is 6.53. The van der Waals surface area contributed by atoms with Crippen LogP contribution in [0.2, 0.25) is 0 Å². The van der Waals surface area contributed by atoms with Crippen LogP contribution < -0.4 is 10.6 Å². The van der Waals surface area contributed by atoms with Crippen LogP contribution in [0, 0.1) is 0 Å². The molecular formula is C15H25N3O5. The quantitative estimate of drug-likeness (QED) is 0.500. The number of amides is 4. The van der Waals surface area contributed by atoms with Crippen molar-refractivity contribution in [3.05, 3.63) is 0 Å². The number of hydrogen-bond donors (Lipinski definition) is 2. The molecule has 0 aromatic rings. The van der Waals surface area contributed by atoms with Crippen molar-refractivity contribution in [2.75, 3.05) is 13.2 Å². The fourth-order valence-electron chi connectivity index (χ4n) is 2.26. The fourth-order valence-corrected chi connectivity index (χ4v) is 2.26. The summed E-state index contributed by atoms with van der Waals surface area (Å²) in [5.41, 5.74) is -0.962. The van der Waals surface area contributed by atoms with E-state index in [2.05, 4.69) is 10.6 Å². The summed E-state index contributed by atoms with van der Waals surface area (Å²) in [6.07, 6.45) is 1.65. The van der Waals surface area contributed by atoms with Gasteiger partial charge in [0, 0.05) is 12.6 Å². The Morgan fingerprint density at radius 2 is 2.00 bits per heavy atom. The first-order valence-electron chi connectivity index (χ1n) is 7.76. The second kappa shape index (κ2) is 7.94. The van der Waals surface area contributed by atoms with Crippen LogP contribution >= 0.6 is 0 Å². The van der Waals surface area contributed by atoms with Crippen molar-refractivity contribution in [3.8, 4) is 0 Å². The van der Waals surface area contributed by atoms with E-state index in [0.717, 1.165) is 17.7 Å². The van der Waals surface area contributed by atoms with E-state index in [4.69, 9.17) is 4.74 Å². The lowest BCUT2D eigenvalue weighted by molar-refractivity contribution is -0.149. The molecule has 1 atom stereocenters. The van der Waals surface area contributed by atoms with Crippen LogP contribution in [0.25, 0.3) is 0 Å². The molecule has 1 rings (SSSR count). The van der Waals surface area contributed by atoms with Crippen molar-refractivity contribution in [2.24, 2.45) is 0 Å². The molecule has 1 aliphatic heterocycles. The molecule has 0 aromatic carbocycles. The van der Waals surface area contributed by atoms with Gasteiger partial charge in [0.2, 0.25) is 0 Å². The van der Waals surface area contributed by atoms with Crippen molar-refractivity contribution >= 4 is 23.8 Å². The Bertz CT molecular complexity index is 490. The number of nitrogens with one attached hydrogen (secondary N) is 2. The maximum Gasteiger partial charge on any atom is 0.325 e. The summed E-state index contributed by atoms with van der Waals surface area (Å²) in [6.45, 7) is 6.64. The number of carbonyl (C=O) groups excluding carboxylic acids is 4. The van der Waals surface area contributed by atoms with Gasteiger partial charge in [-0.15, -0.1) is 0 Å². The summed E-state index contributed by atoms with van der Waals surface area (Å²) in [5, 5.41) is 5.24. The van der Waals surface area contributed by atoms with Crippen LogP contribution in [0.5, 0.6) is 0 Å². The summed E-state index contributed by atoms with van der Waals surface area (Å²) >= 11 is 0. The number of ether oxygens (including phenoxy) is 1. The third-order valence-corrected chi connectivity index (χ3v) is 3.48. The van der Waals surface area contributed by atoms with E-state index < -0.39 is 17.5 Å². The van der Waals surface area contributed by atoms with Gasteiger partial charge in [-0.3, -0.25) is 19.3 Å². The molecule has 0 radical (unpaired) electrons. The summed E-state index contributed by atoms with van der Waals surface area (Å²) in [4.78, 5) is 47.7. The lowest BCUT2D eigenvalue weighted by Gasteiger charge is -2.16. The van der Waals surface area contributed by atoms with Gasteiger partial charge in [-0.05, 0) is 27.2 Å². The van der Waals surface area contributed by atoms with Gasteiger partial charge in [0.05, 0.1) is 6.42 Å². The minimum absolute atomic E-state index is 0.0272. The lowest BCUT2D eigenvalue weighted by atomic mass is 10.1. The second-order valence-corrected chi connectivity index (χ2v) is 6.18. The Labute approximate surface area is 135 Å². The zero-order valence-electron chi connectivity index (χ0n) is 14.1. The van der Waals surface area contributed by atoms with Crippen molar-refractivity contribution < 1.29 is 23.9 Å². The van der Waals surface area contributed by atoms with E-state index >= 15 is 0 Å². The normalized spacial score (nSPS) is 17.7. The van der Waals surface area contributed by atoms with E-state index in [0.29, 0.717) is 0 Å². The van der Waals surface area contributed by atoms with Gasteiger partial charge in [-0.1, -0.05) is 13.3 Å². The molecule has 1 aliphatic rings. The summed E-state index contributed by atoms with van der Waals surface area (Å²) in [7, 11) is 0. The molecule has 4 amide bonds. The van der Waals surface area contributed by atoms with Gasteiger partial charge in [0.25, 0.3) is 11.8 Å². The molecule has 0 saturated carbocycles. The Morgan fingerprint density at radius 3 is 2.52 bits per heavy atom. The number of nitrogens with zero attached hydrogens (tertiary/aromatic N) is 1. The van der Waals surface area contributed by atoms with Crippen molar-refractivity contribution in [2.45, 2.75) is 58.5 Å². The number of urea groups is 1. The first-order valence-corrected chi connectivity index (χ1v) is 7.76. The van der Waals surface area contributed by atoms with Gasteiger partial charge < -0.3 is 15.4 Å². The predicted molar refractivity (Wildman–Crippen MR) is 82.4 cm³/mol. The van der Waals surface area contributed by atoms with Crippen molar-refractivity contribution in [3.63, 3.8) is 0 Å². The van der Waals surface area contributed by atoms with E-state index in [1.54, 1.807) is 13.8 Å². The van der Waals surface area contributed by atoms with E-state index in [1.165, 1.54) is 0 Å². The fraction of sp³-hybridized carbons (Fsp3) is 0.733. The average molecular weight is 327 g/mol. The van der Waals surface area contributed by atoms with Gasteiger partial charge in [0.15, 0.2) is 6.61 Å². The van der Waals surface area contributed by atoms with Gasteiger partial charge in [0.1, 0.15) is 5.54 Å². The maximum atomic E-state index is 11.9. The highest BCUT2D eigenvalue weighted by Crippen LogP contribution is 2.16. The Morgan fingerprint density at radius 1 is 1.35 bits per heavy atom. The molecule has 8 nitrogen and oxygen atoms in total. The van der Waals surface area contributed by atoms with Gasteiger partial charge in [-0.25, -0.2) is 4.79 Å². The molecule has 1 fully saturated rings. The van der Waals surface area contributed by atoms with E-state index in [-0.39, 0.29) is 37.4 Å². The minimum atomic E-state index is -0.962. The summed E-state index contributed by atoms with van der Waals surface area (Å²) < 4.78 is 4.84. The number of rotatable bonds is 8. The molecule has 0 spiro atoms. The van der Waals surface area contributed by atoms with Crippen LogP contribution in [-0.2, 0) is 19.1 Å². The standard InChI is InChI=1S/C15H25N3O5/c1-5-6-10(2)16-11(19)9-23-12(20)7-8-18-13(21)15(3,4)17-14(18)22/h10H,5-9H2,1-4H3,(H,16,19)(H,17,22). The zero-order valence-corrected chi connectivity index (χ0v) is 14.1. The Hall–Kier alpha value is -2.12. The van der Waals surface area contributed by atoms with Crippen LogP contribution in [0.1, 0.15) is 47.0 Å². The molecule has 1 heterocycles. The van der Waals surface area contributed by atoms with Crippen LogP contribution in [0.4, 0.5) is 4.79 Å². The molecule has 0 aliphatic carbocycles. The third kappa shape index (κ3) is 5.54. The molecule has 1 saturated heterocycles. The van der Waals surface area contributed by atoms with Gasteiger partial charge in [-0.2, -0.15) is 0 Å². The highest BCUT2D eigenvalue weighted by molar-refractivity contribution is 6.06. The average Bonchev–Trinajstić information content (AvgIpc) is 2.63. The molecular weight excluding hydrogens is 302 g/mol. The number of hydrogen-bond acceptors (Lipinski definition) is 5. The van der Waals surface area contributed by atoms with Crippen molar-refractivity contribution in [1.82, 2.24) is 15.5 Å². The minimum Gasteiger partial charge on any atom is -0.456 e. The molecule has 130 valence electrons. The SMILES string of the molecule is CCCC(C)NC(=O)COC(=O)CCN1C(=O)NC(C)(C)C1=O. The first kappa shape index (κ1) is 18.9. The number of imide groups is 1. The molecule has 8 heteroatoms. The van der Waals surface area contributed by atoms with Crippen LogP contribution in [0.15, 0.2) is 0 Å². The topological polar surface area (TPSA) is 105 Å². The molecule has 0 aromatic heterocycles. The molecule has 0 bridgehead atoms. The van der Waals surface area contributed by atoms with Crippen LogP contribution in [0.3, 0.4) is 0 Å². The molecule has 1 unspecified atom stereocenters. The first-order chi connectivity index (χ1) is 10.7. The van der Waals surface area contributed by atoms with Crippen molar-refractivity contribution in [1.29, 1.82) is 0 Å². The zero-order chi connectivity index (χ0) is 17.6. The second-order valence-electron chi connectivity index (χ2n) is 6.18. The number of carbonyl (C=O) groups is 4. The summed E-state index contributed by atoms with van der Waals surface area (Å²) in [6, 6.07) is -0.502. The molecule has 23 heavy (non-hydrogen) atoms. The predicted octanol–water partition coefficient (Wildman–Crippen LogP) is 0.555. The van der Waals surface area contributed by atoms with E-state index in [9.17, 15) is 19.2 Å². The molecule has 2 N–H and O–H groups in total. The summed E-state index contributed by atoms with van der Waals surface area (Å²) in [5.74, 6) is -1.38.